The summed E-state index contributed by atoms with van der Waals surface area (Å²) in [4.78, 5) is 26.5. The van der Waals surface area contributed by atoms with Gasteiger partial charge < -0.3 is 57.6 Å². The predicted molar refractivity (Wildman–Crippen MR) is 195 cm³/mol. The maximum Gasteiger partial charge on any atom is 0.336 e. The molecule has 0 aromatic heterocycles. The van der Waals surface area contributed by atoms with Crippen molar-refractivity contribution in [1.29, 1.82) is 0 Å². The van der Waals surface area contributed by atoms with Gasteiger partial charge in [-0.25, -0.2) is 4.79 Å². The summed E-state index contributed by atoms with van der Waals surface area (Å²) in [5.41, 5.74) is 3.76. The summed E-state index contributed by atoms with van der Waals surface area (Å²) in [5, 5.41) is 21.8. The van der Waals surface area contributed by atoms with E-state index in [2.05, 4.69) is 0 Å². The molecule has 0 atom stereocenters. The van der Waals surface area contributed by atoms with Gasteiger partial charge in [0.1, 0.15) is 5.75 Å². The van der Waals surface area contributed by atoms with Crippen molar-refractivity contribution >= 4 is 17.3 Å². The zero-order chi connectivity index (χ0) is 37.8. The maximum absolute atomic E-state index is 13.8. The fraction of sp³-hybridized carbons (Fsp3) is 0.500. The summed E-state index contributed by atoms with van der Waals surface area (Å²) >= 11 is 0. The van der Waals surface area contributed by atoms with Gasteiger partial charge in [0, 0.05) is 22.3 Å². The van der Waals surface area contributed by atoms with Crippen molar-refractivity contribution in [3.05, 3.63) is 93.1 Å². The minimum atomic E-state index is -1.13. The number of allylic oxidation sites excluding steroid dienone is 3. The molecule has 2 aromatic rings. The number of Topliss-reactive ketones (excluding diaryl/α,β-unsaturated/α-hetero) is 1. The fourth-order valence-electron chi connectivity index (χ4n) is 5.89. The number of rotatable bonds is 3. The van der Waals surface area contributed by atoms with Gasteiger partial charge in [0.05, 0.1) is 138 Å². The Morgan fingerprint density at radius 2 is 0.852 bits per heavy atom. The van der Waals surface area contributed by atoms with E-state index >= 15 is 0 Å². The molecule has 4 bridgehead atoms. The third-order valence-corrected chi connectivity index (χ3v) is 8.52. The quantitative estimate of drug-likeness (QED) is 0.467. The van der Waals surface area contributed by atoms with Crippen LogP contribution in [0.5, 0.6) is 5.75 Å². The van der Waals surface area contributed by atoms with Gasteiger partial charge in [-0.15, -0.1) is 0 Å². The zero-order valence-corrected chi connectivity index (χ0v) is 30.6. The number of aromatic hydroxyl groups is 1. The lowest BCUT2D eigenvalue weighted by molar-refractivity contribution is -0.113. The molecule has 1 fully saturated rings. The Kier molecular flexibility index (Phi) is 17.8. The summed E-state index contributed by atoms with van der Waals surface area (Å²) in [6, 6.07) is 10.2. The van der Waals surface area contributed by atoms with Crippen LogP contribution in [-0.2, 0) is 65.4 Å². The number of carboxylic acid groups (broad SMARTS) is 1. The highest BCUT2D eigenvalue weighted by molar-refractivity contribution is 6.12. The third kappa shape index (κ3) is 12.9. The Morgan fingerprint density at radius 3 is 1.24 bits per heavy atom. The third-order valence-electron chi connectivity index (χ3n) is 8.52. The molecular weight excluding hydrogens is 704 g/mol. The van der Waals surface area contributed by atoms with Crippen LogP contribution in [0.2, 0.25) is 0 Å². The standard InChI is InChI=1S/C40H50O14/c41-38-31-21-29(22-32(38)26-52-18-14-48-10-6-45-5-9-47-13-17-51-25-31)37(35-3-1-2-4-36(35)40(43)44)30-23-33-27-53-19-15-49-11-7-46-8-12-50-16-20-54-28-34(24-30)39(33)42/h1-4,21-24,41H,5-20,25-28H2,(H,43,44). The number of phenols is 1. The lowest BCUT2D eigenvalue weighted by atomic mass is 9.84. The molecule has 294 valence electrons. The fourth-order valence-corrected chi connectivity index (χ4v) is 5.89. The van der Waals surface area contributed by atoms with E-state index in [0.717, 1.165) is 0 Å². The molecule has 2 aliphatic heterocycles. The van der Waals surface area contributed by atoms with E-state index in [-0.39, 0.29) is 70.0 Å². The zero-order valence-electron chi connectivity index (χ0n) is 30.6. The van der Waals surface area contributed by atoms with Crippen LogP contribution in [0.15, 0.2) is 65.3 Å². The number of fused-ring (bicyclic) bond motifs is 4. The number of aromatic carboxylic acids is 1. The second-order valence-corrected chi connectivity index (χ2v) is 12.4. The number of hydrogen-bond acceptors (Lipinski definition) is 13. The molecule has 3 aliphatic rings. The van der Waals surface area contributed by atoms with Gasteiger partial charge in [0.2, 0.25) is 0 Å². The van der Waals surface area contributed by atoms with E-state index in [4.69, 9.17) is 47.4 Å². The largest absolute Gasteiger partial charge is 0.507 e. The Hall–Kier alpha value is -3.80. The molecule has 0 unspecified atom stereocenters. The Bertz CT molecular complexity index is 1540. The van der Waals surface area contributed by atoms with E-state index in [0.29, 0.717) is 124 Å². The van der Waals surface area contributed by atoms with Crippen LogP contribution in [0.4, 0.5) is 0 Å². The van der Waals surface area contributed by atoms with E-state index < -0.39 is 5.97 Å². The molecule has 1 saturated heterocycles. The van der Waals surface area contributed by atoms with Gasteiger partial charge in [0.25, 0.3) is 0 Å². The molecule has 0 spiro atoms. The van der Waals surface area contributed by atoms with E-state index in [1.165, 1.54) is 6.07 Å². The highest BCUT2D eigenvalue weighted by Crippen LogP contribution is 2.38. The second-order valence-electron chi connectivity index (χ2n) is 12.4. The van der Waals surface area contributed by atoms with Crippen molar-refractivity contribution in [2.24, 2.45) is 0 Å². The molecule has 5 rings (SSSR count). The molecule has 14 heteroatoms. The Morgan fingerprint density at radius 1 is 0.500 bits per heavy atom. The number of phenolic OH excluding ortho intramolecular Hbond substituents is 1. The molecule has 0 radical (unpaired) electrons. The molecule has 2 aromatic carbocycles. The smallest absolute Gasteiger partial charge is 0.336 e. The van der Waals surface area contributed by atoms with E-state index in [9.17, 15) is 19.8 Å². The Balaban J connectivity index is 1.59. The normalized spacial score (nSPS) is 20.3. The van der Waals surface area contributed by atoms with Crippen LogP contribution in [-0.4, -0.2) is 141 Å². The minimum absolute atomic E-state index is 0.00489. The van der Waals surface area contributed by atoms with Crippen molar-refractivity contribution in [3.8, 4) is 5.75 Å². The first-order valence-electron chi connectivity index (χ1n) is 18.2. The van der Waals surface area contributed by atoms with Gasteiger partial charge in [-0.1, -0.05) is 18.2 Å². The molecule has 2 N–H and O–H groups in total. The van der Waals surface area contributed by atoms with Crippen molar-refractivity contribution < 1.29 is 67.2 Å². The summed E-state index contributed by atoms with van der Waals surface area (Å²) in [7, 11) is 0. The number of benzene rings is 2. The summed E-state index contributed by atoms with van der Waals surface area (Å²) < 4.78 is 57.1. The first kappa shape index (κ1) is 41.4. The molecule has 0 amide bonds. The first-order chi connectivity index (χ1) is 26.5. The van der Waals surface area contributed by atoms with Crippen LogP contribution in [0, 0.1) is 0 Å². The number of ether oxygens (including phenoxy) is 10. The van der Waals surface area contributed by atoms with Gasteiger partial charge in [0.15, 0.2) is 5.78 Å². The molecule has 1 aliphatic carbocycles. The minimum Gasteiger partial charge on any atom is -0.507 e. The van der Waals surface area contributed by atoms with E-state index in [1.807, 2.05) is 0 Å². The van der Waals surface area contributed by atoms with E-state index in [1.54, 1.807) is 42.5 Å². The van der Waals surface area contributed by atoms with Crippen LogP contribution in [0.3, 0.4) is 0 Å². The number of carboxylic acids is 1. The molecular formula is C40H50O14. The SMILES string of the molecule is O=C1C2=CC(=C(c3cc4c(O)c(c3)COCCOCCOCCOCCOC4)c3ccccc3C(=O)O)C=C1COCCOCCOCCOCCOC2. The number of hydrogen-bond donors (Lipinski definition) is 2. The van der Waals surface area contributed by atoms with Crippen molar-refractivity contribution in [3.63, 3.8) is 0 Å². The molecule has 54 heavy (non-hydrogen) atoms. The summed E-state index contributed by atoms with van der Waals surface area (Å²) in [6.45, 7) is 5.60. The van der Waals surface area contributed by atoms with Gasteiger partial charge in [-0.2, -0.15) is 0 Å². The van der Waals surface area contributed by atoms with Crippen molar-refractivity contribution in [1.82, 2.24) is 0 Å². The van der Waals surface area contributed by atoms with Crippen molar-refractivity contribution in [2.75, 3.05) is 119 Å². The Labute approximate surface area is 315 Å². The van der Waals surface area contributed by atoms with Crippen LogP contribution < -0.4 is 0 Å². The topological polar surface area (TPSA) is 167 Å². The van der Waals surface area contributed by atoms with Gasteiger partial charge in [-0.05, 0) is 52.6 Å². The highest BCUT2D eigenvalue weighted by Gasteiger charge is 2.26. The molecule has 2 heterocycles. The van der Waals surface area contributed by atoms with Crippen LogP contribution >= 0.6 is 0 Å². The maximum atomic E-state index is 13.8. The number of ketones is 1. The summed E-state index contributed by atoms with van der Waals surface area (Å²) in [6.07, 6.45) is 3.44. The van der Waals surface area contributed by atoms with Crippen molar-refractivity contribution in [2.45, 2.75) is 13.2 Å². The average Bonchev–Trinajstić information content (AvgIpc) is 3.17. The van der Waals surface area contributed by atoms with Crippen LogP contribution in [0.1, 0.15) is 32.6 Å². The lowest BCUT2D eigenvalue weighted by Crippen LogP contribution is -2.21. The second kappa shape index (κ2) is 23.2. The molecule has 0 saturated carbocycles. The molecule has 14 nitrogen and oxygen atoms in total. The highest BCUT2D eigenvalue weighted by atomic mass is 16.6. The first-order valence-corrected chi connectivity index (χ1v) is 18.2. The summed E-state index contributed by atoms with van der Waals surface area (Å²) in [5.74, 6) is -1.38. The lowest BCUT2D eigenvalue weighted by Gasteiger charge is -2.22. The van der Waals surface area contributed by atoms with Gasteiger partial charge >= 0.3 is 5.97 Å². The predicted octanol–water partition coefficient (Wildman–Crippen LogP) is 3.52. The number of carbonyl (C=O) groups excluding carboxylic acids is 1. The average molecular weight is 755 g/mol. The number of carbonyl (C=O) groups is 2. The van der Waals surface area contributed by atoms with Crippen LogP contribution in [0.25, 0.3) is 5.57 Å². The monoisotopic (exact) mass is 754 g/mol. The van der Waals surface area contributed by atoms with Gasteiger partial charge in [-0.3, -0.25) is 4.79 Å².